The number of nitrogens with one attached hydrogen (secondary N) is 1. The van der Waals surface area contributed by atoms with Crippen LogP contribution in [0.3, 0.4) is 0 Å². The van der Waals surface area contributed by atoms with Crippen LogP contribution in [0.2, 0.25) is 0 Å². The molecule has 0 atom stereocenters. The molecule has 0 unspecified atom stereocenters. The van der Waals surface area contributed by atoms with Crippen LogP contribution in [0.15, 0.2) is 18.3 Å². The van der Waals surface area contributed by atoms with Crippen LogP contribution in [-0.4, -0.2) is 25.2 Å². The zero-order valence-corrected chi connectivity index (χ0v) is 8.21. The van der Waals surface area contributed by atoms with Gasteiger partial charge in [-0.05, 0) is 31.0 Å². The summed E-state index contributed by atoms with van der Waals surface area (Å²) in [7, 11) is 1.71. The van der Waals surface area contributed by atoms with Crippen LogP contribution in [0.25, 0.3) is 0 Å². The number of methoxy groups -OCH3 is 1. The van der Waals surface area contributed by atoms with Crippen LogP contribution in [0.5, 0.6) is 0 Å². The minimum Gasteiger partial charge on any atom is -0.385 e. The number of hydrogen-bond acceptors (Lipinski definition) is 3. The Morgan fingerprint density at radius 1 is 1.54 bits per heavy atom. The van der Waals surface area contributed by atoms with Crippen molar-refractivity contribution in [3.8, 4) is 0 Å². The molecule has 0 saturated heterocycles. The smallest absolute Gasteiger partial charge is 0.126 e. The highest BCUT2D eigenvalue weighted by molar-refractivity contribution is 5.36. The van der Waals surface area contributed by atoms with Gasteiger partial charge in [0.15, 0.2) is 0 Å². The molecule has 0 aliphatic heterocycles. The van der Waals surface area contributed by atoms with E-state index in [4.69, 9.17) is 4.74 Å². The average molecular weight is 180 g/mol. The van der Waals surface area contributed by atoms with Gasteiger partial charge in [-0.2, -0.15) is 0 Å². The summed E-state index contributed by atoms with van der Waals surface area (Å²) in [6.07, 6.45) is 2.82. The third kappa shape index (κ3) is 3.90. The third-order valence-corrected chi connectivity index (χ3v) is 1.75. The molecule has 0 radical (unpaired) electrons. The van der Waals surface area contributed by atoms with Crippen molar-refractivity contribution >= 4 is 5.82 Å². The SMILES string of the molecule is COCCCNc1cc(C)ccn1. The lowest BCUT2D eigenvalue weighted by Crippen LogP contribution is -2.05. The number of nitrogens with zero attached hydrogens (tertiary/aromatic N) is 1. The number of rotatable bonds is 5. The molecule has 0 spiro atoms. The van der Waals surface area contributed by atoms with Gasteiger partial charge in [0, 0.05) is 26.5 Å². The van der Waals surface area contributed by atoms with Gasteiger partial charge in [0.25, 0.3) is 0 Å². The molecule has 72 valence electrons. The molecule has 13 heavy (non-hydrogen) atoms. The van der Waals surface area contributed by atoms with Gasteiger partial charge in [0.2, 0.25) is 0 Å². The summed E-state index contributed by atoms with van der Waals surface area (Å²) in [5.41, 5.74) is 1.23. The second-order valence-electron chi connectivity index (χ2n) is 2.99. The highest BCUT2D eigenvalue weighted by Crippen LogP contribution is 2.04. The zero-order chi connectivity index (χ0) is 9.52. The Morgan fingerprint density at radius 2 is 2.38 bits per heavy atom. The molecular weight excluding hydrogens is 164 g/mol. The first-order valence-corrected chi connectivity index (χ1v) is 4.48. The number of ether oxygens (including phenoxy) is 1. The van der Waals surface area contributed by atoms with Crippen LogP contribution in [-0.2, 0) is 4.74 Å². The van der Waals surface area contributed by atoms with E-state index >= 15 is 0 Å². The van der Waals surface area contributed by atoms with Gasteiger partial charge in [-0.15, -0.1) is 0 Å². The van der Waals surface area contributed by atoms with E-state index in [-0.39, 0.29) is 0 Å². The molecule has 1 aromatic heterocycles. The number of anilines is 1. The van der Waals surface area contributed by atoms with Gasteiger partial charge in [-0.3, -0.25) is 0 Å². The van der Waals surface area contributed by atoms with Crippen LogP contribution >= 0.6 is 0 Å². The first-order chi connectivity index (χ1) is 6.33. The second-order valence-corrected chi connectivity index (χ2v) is 2.99. The van der Waals surface area contributed by atoms with Crippen LogP contribution in [0.1, 0.15) is 12.0 Å². The highest BCUT2D eigenvalue weighted by Gasteiger charge is 1.92. The molecule has 0 amide bonds. The van der Waals surface area contributed by atoms with Gasteiger partial charge < -0.3 is 10.1 Å². The molecule has 1 N–H and O–H groups in total. The summed E-state index contributed by atoms with van der Waals surface area (Å²) >= 11 is 0. The molecule has 0 aliphatic rings. The maximum atomic E-state index is 4.94. The predicted molar refractivity (Wildman–Crippen MR) is 54.0 cm³/mol. The Hall–Kier alpha value is -1.09. The normalized spacial score (nSPS) is 10.0. The minimum absolute atomic E-state index is 0.790. The first-order valence-electron chi connectivity index (χ1n) is 4.48. The van der Waals surface area contributed by atoms with Crippen molar-refractivity contribution in [3.05, 3.63) is 23.9 Å². The molecule has 1 rings (SSSR count). The standard InChI is InChI=1S/C10H16N2O/c1-9-4-6-12-10(8-9)11-5-3-7-13-2/h4,6,8H,3,5,7H2,1-2H3,(H,11,12). The van der Waals surface area contributed by atoms with Crippen molar-refractivity contribution in [2.24, 2.45) is 0 Å². The van der Waals surface area contributed by atoms with Crippen molar-refractivity contribution in [2.75, 3.05) is 25.6 Å². The van der Waals surface area contributed by atoms with E-state index in [9.17, 15) is 0 Å². The summed E-state index contributed by atoms with van der Waals surface area (Å²) in [6.45, 7) is 3.76. The largest absolute Gasteiger partial charge is 0.385 e. The second kappa shape index (κ2) is 5.54. The van der Waals surface area contributed by atoms with Gasteiger partial charge in [-0.25, -0.2) is 4.98 Å². The number of pyridine rings is 1. The maximum absolute atomic E-state index is 4.94. The summed E-state index contributed by atoms with van der Waals surface area (Å²) in [6, 6.07) is 4.02. The van der Waals surface area contributed by atoms with Crippen molar-refractivity contribution in [1.29, 1.82) is 0 Å². The molecule has 1 heterocycles. The molecule has 3 heteroatoms. The molecule has 0 bridgehead atoms. The lowest BCUT2D eigenvalue weighted by molar-refractivity contribution is 0.198. The van der Waals surface area contributed by atoms with E-state index in [1.807, 2.05) is 18.3 Å². The summed E-state index contributed by atoms with van der Waals surface area (Å²) in [5, 5.41) is 3.23. The Balaban J connectivity index is 2.28. The molecule has 1 aromatic rings. The molecule has 0 aromatic carbocycles. The lowest BCUT2D eigenvalue weighted by atomic mass is 10.3. The van der Waals surface area contributed by atoms with Gasteiger partial charge >= 0.3 is 0 Å². The maximum Gasteiger partial charge on any atom is 0.126 e. The lowest BCUT2D eigenvalue weighted by Gasteiger charge is -2.04. The molecule has 0 fully saturated rings. The predicted octanol–water partition coefficient (Wildman–Crippen LogP) is 1.84. The van der Waals surface area contributed by atoms with E-state index < -0.39 is 0 Å². The Labute approximate surface area is 79.1 Å². The highest BCUT2D eigenvalue weighted by atomic mass is 16.5. The quantitative estimate of drug-likeness (QED) is 0.702. The fourth-order valence-electron chi connectivity index (χ4n) is 1.07. The molecular formula is C10H16N2O. The van der Waals surface area contributed by atoms with Crippen molar-refractivity contribution in [3.63, 3.8) is 0 Å². The third-order valence-electron chi connectivity index (χ3n) is 1.75. The summed E-state index contributed by atoms with van der Waals surface area (Å²) in [4.78, 5) is 4.19. The zero-order valence-electron chi connectivity index (χ0n) is 8.21. The fraction of sp³-hybridized carbons (Fsp3) is 0.500. The molecule has 0 aliphatic carbocycles. The Morgan fingerprint density at radius 3 is 3.08 bits per heavy atom. The first kappa shape index (κ1) is 9.99. The van der Waals surface area contributed by atoms with E-state index in [0.29, 0.717) is 0 Å². The van der Waals surface area contributed by atoms with Crippen molar-refractivity contribution in [2.45, 2.75) is 13.3 Å². The van der Waals surface area contributed by atoms with E-state index in [1.54, 1.807) is 7.11 Å². The van der Waals surface area contributed by atoms with Crippen LogP contribution in [0, 0.1) is 6.92 Å². The number of aryl methyl sites for hydroxylation is 1. The van der Waals surface area contributed by atoms with Gasteiger partial charge in [0.05, 0.1) is 0 Å². The summed E-state index contributed by atoms with van der Waals surface area (Å²) < 4.78 is 4.94. The van der Waals surface area contributed by atoms with E-state index in [1.165, 1.54) is 5.56 Å². The number of aromatic nitrogens is 1. The average Bonchev–Trinajstić information content (AvgIpc) is 2.13. The van der Waals surface area contributed by atoms with Gasteiger partial charge in [-0.1, -0.05) is 0 Å². The van der Waals surface area contributed by atoms with E-state index in [2.05, 4.69) is 17.2 Å². The molecule has 3 nitrogen and oxygen atoms in total. The number of hydrogen-bond donors (Lipinski definition) is 1. The molecule has 0 saturated carbocycles. The van der Waals surface area contributed by atoms with E-state index in [0.717, 1.165) is 25.4 Å². The van der Waals surface area contributed by atoms with Crippen LogP contribution in [0.4, 0.5) is 5.82 Å². The van der Waals surface area contributed by atoms with Crippen LogP contribution < -0.4 is 5.32 Å². The fourth-order valence-corrected chi connectivity index (χ4v) is 1.07. The van der Waals surface area contributed by atoms with Crippen molar-refractivity contribution < 1.29 is 4.74 Å². The summed E-state index contributed by atoms with van der Waals surface area (Å²) in [5.74, 6) is 0.941. The van der Waals surface area contributed by atoms with Crippen molar-refractivity contribution in [1.82, 2.24) is 4.98 Å². The topological polar surface area (TPSA) is 34.1 Å². The Kier molecular flexibility index (Phi) is 4.26. The minimum atomic E-state index is 0.790. The Bertz CT molecular complexity index is 250. The monoisotopic (exact) mass is 180 g/mol. The van der Waals surface area contributed by atoms with Gasteiger partial charge in [0.1, 0.15) is 5.82 Å².